The first-order chi connectivity index (χ1) is 15.2. The van der Waals surface area contributed by atoms with Crippen LogP contribution in [0.1, 0.15) is 53.4 Å². The van der Waals surface area contributed by atoms with Crippen LogP contribution < -0.4 is 21.7 Å². The molecule has 0 aliphatic rings. The summed E-state index contributed by atoms with van der Waals surface area (Å²) in [7, 11) is 0. The lowest BCUT2D eigenvalue weighted by Crippen LogP contribution is -2.59. The van der Waals surface area contributed by atoms with Gasteiger partial charge in [-0.2, -0.15) is 0 Å². The third-order valence-electron chi connectivity index (χ3n) is 5.31. The Kier molecular flexibility index (Phi) is 12.7. The van der Waals surface area contributed by atoms with Gasteiger partial charge in [0.2, 0.25) is 17.7 Å². The summed E-state index contributed by atoms with van der Waals surface area (Å²) in [4.78, 5) is 71.1. The maximum atomic E-state index is 12.8. The molecule has 6 unspecified atom stereocenters. The number of hydrogen-bond donors (Lipinski definition) is 7. The summed E-state index contributed by atoms with van der Waals surface area (Å²) < 4.78 is 0. The molecule has 0 saturated heterocycles. The fourth-order valence-corrected chi connectivity index (χ4v) is 2.83. The average molecular weight is 475 g/mol. The van der Waals surface area contributed by atoms with Crippen molar-refractivity contribution in [3.63, 3.8) is 0 Å². The topological polar surface area (TPSA) is 225 Å². The van der Waals surface area contributed by atoms with Gasteiger partial charge in [0.15, 0.2) is 0 Å². The number of nitrogens with two attached hydrogens (primary N) is 1. The van der Waals surface area contributed by atoms with Gasteiger partial charge in [-0.3, -0.25) is 24.0 Å². The predicted octanol–water partition coefficient (Wildman–Crippen LogP) is -1.11. The highest BCUT2D eigenvalue weighted by molar-refractivity contribution is 5.96. The molecule has 0 spiro atoms. The second-order valence-electron chi connectivity index (χ2n) is 7.95. The molecular formula is C20H34N4O9. The van der Waals surface area contributed by atoms with E-state index in [0.717, 1.165) is 0 Å². The van der Waals surface area contributed by atoms with E-state index in [4.69, 9.17) is 15.9 Å². The molecule has 0 aliphatic heterocycles. The molecule has 0 heterocycles. The third-order valence-corrected chi connectivity index (χ3v) is 5.31. The van der Waals surface area contributed by atoms with Crippen molar-refractivity contribution in [3.8, 4) is 0 Å². The van der Waals surface area contributed by atoms with Gasteiger partial charge in [-0.15, -0.1) is 0 Å². The summed E-state index contributed by atoms with van der Waals surface area (Å²) in [6.07, 6.45) is -0.700. The highest BCUT2D eigenvalue weighted by Crippen LogP contribution is 2.12. The van der Waals surface area contributed by atoms with Crippen molar-refractivity contribution >= 4 is 35.6 Å². The molecule has 13 heteroatoms. The van der Waals surface area contributed by atoms with E-state index in [1.165, 1.54) is 0 Å². The van der Waals surface area contributed by atoms with Gasteiger partial charge in [0, 0.05) is 0 Å². The Bertz CT molecular complexity index is 743. The number of carboxylic acid groups (broad SMARTS) is 3. The van der Waals surface area contributed by atoms with E-state index < -0.39 is 84.5 Å². The predicted molar refractivity (Wildman–Crippen MR) is 115 cm³/mol. The van der Waals surface area contributed by atoms with Crippen molar-refractivity contribution in [1.29, 1.82) is 0 Å². The van der Waals surface area contributed by atoms with Crippen molar-refractivity contribution in [2.75, 3.05) is 0 Å². The standard InChI is InChI=1S/C20H34N4O9/c1-5-9(3)15(19(31)24-16(20(32)33)10(4)6-2)23-18(30)12(8-14(27)28)22-17(29)11(21)7-13(25)26/h9-12,15-16H,5-8,21H2,1-4H3,(H,22,29)(H,23,30)(H,24,31)(H,25,26)(H,27,28)(H,32,33). The summed E-state index contributed by atoms with van der Waals surface area (Å²) >= 11 is 0. The van der Waals surface area contributed by atoms with Crippen molar-refractivity contribution in [2.24, 2.45) is 17.6 Å². The van der Waals surface area contributed by atoms with Gasteiger partial charge >= 0.3 is 17.9 Å². The van der Waals surface area contributed by atoms with Crippen molar-refractivity contribution in [2.45, 2.75) is 77.5 Å². The first kappa shape index (κ1) is 29.8. The van der Waals surface area contributed by atoms with Crippen LogP contribution >= 0.6 is 0 Å². The van der Waals surface area contributed by atoms with Gasteiger partial charge in [0.1, 0.15) is 18.1 Å². The van der Waals surface area contributed by atoms with Crippen molar-refractivity contribution in [3.05, 3.63) is 0 Å². The molecule has 0 rings (SSSR count). The molecule has 13 nitrogen and oxygen atoms in total. The van der Waals surface area contributed by atoms with E-state index in [-0.39, 0.29) is 0 Å². The van der Waals surface area contributed by atoms with Crippen LogP contribution in [0.15, 0.2) is 0 Å². The molecule has 3 amide bonds. The monoisotopic (exact) mass is 474 g/mol. The highest BCUT2D eigenvalue weighted by Gasteiger charge is 2.34. The van der Waals surface area contributed by atoms with Crippen molar-refractivity contribution in [1.82, 2.24) is 16.0 Å². The van der Waals surface area contributed by atoms with Gasteiger partial charge in [-0.05, 0) is 11.8 Å². The van der Waals surface area contributed by atoms with E-state index in [1.54, 1.807) is 27.7 Å². The third kappa shape index (κ3) is 10.3. The molecule has 0 fully saturated rings. The molecule has 0 aromatic heterocycles. The first-order valence-electron chi connectivity index (χ1n) is 10.6. The first-order valence-corrected chi connectivity index (χ1v) is 10.6. The Balaban J connectivity index is 5.64. The largest absolute Gasteiger partial charge is 0.481 e. The Morgan fingerprint density at radius 3 is 1.58 bits per heavy atom. The lowest BCUT2D eigenvalue weighted by molar-refractivity contribution is -0.144. The van der Waals surface area contributed by atoms with Gasteiger partial charge in [-0.25, -0.2) is 4.79 Å². The maximum absolute atomic E-state index is 12.8. The second kappa shape index (κ2) is 14.0. The SMILES string of the molecule is CCC(C)C(NC(=O)C(NC(=O)C(CC(=O)O)NC(=O)C(N)CC(=O)O)C(C)CC)C(=O)O. The van der Waals surface area contributed by atoms with Crippen LogP contribution in [0.3, 0.4) is 0 Å². The molecule has 6 atom stereocenters. The second-order valence-corrected chi connectivity index (χ2v) is 7.95. The van der Waals surface area contributed by atoms with Gasteiger partial charge in [0.25, 0.3) is 0 Å². The molecule has 8 N–H and O–H groups in total. The van der Waals surface area contributed by atoms with Gasteiger partial charge in [0.05, 0.1) is 18.9 Å². The smallest absolute Gasteiger partial charge is 0.326 e. The van der Waals surface area contributed by atoms with Crippen LogP contribution in [0.4, 0.5) is 0 Å². The van der Waals surface area contributed by atoms with Gasteiger partial charge < -0.3 is 37.0 Å². The molecule has 0 aromatic carbocycles. The minimum atomic E-state index is -1.64. The molecule has 188 valence electrons. The molecule has 0 radical (unpaired) electrons. The maximum Gasteiger partial charge on any atom is 0.326 e. The van der Waals surface area contributed by atoms with Crippen LogP contribution in [0.25, 0.3) is 0 Å². The van der Waals surface area contributed by atoms with Crippen LogP contribution in [0.2, 0.25) is 0 Å². The summed E-state index contributed by atoms with van der Waals surface area (Å²) in [6.45, 7) is 6.78. The zero-order chi connectivity index (χ0) is 25.9. The number of carboxylic acids is 3. The van der Waals surface area contributed by atoms with E-state index in [0.29, 0.717) is 12.8 Å². The lowest BCUT2D eigenvalue weighted by Gasteiger charge is -2.29. The summed E-state index contributed by atoms with van der Waals surface area (Å²) in [5.74, 6) is -7.72. The van der Waals surface area contributed by atoms with E-state index >= 15 is 0 Å². The number of hydrogen-bond acceptors (Lipinski definition) is 7. The van der Waals surface area contributed by atoms with Crippen LogP contribution in [0.5, 0.6) is 0 Å². The highest BCUT2D eigenvalue weighted by atomic mass is 16.4. The normalized spacial score (nSPS) is 16.3. The summed E-state index contributed by atoms with van der Waals surface area (Å²) in [6, 6.07) is -5.57. The number of nitrogens with one attached hydrogen (secondary N) is 3. The molecular weight excluding hydrogens is 440 g/mol. The summed E-state index contributed by atoms with van der Waals surface area (Å²) in [5, 5.41) is 34.1. The fourth-order valence-electron chi connectivity index (χ4n) is 2.83. The van der Waals surface area contributed by atoms with E-state index in [1.807, 2.05) is 0 Å². The quantitative estimate of drug-likeness (QED) is 0.151. The Morgan fingerprint density at radius 2 is 1.15 bits per heavy atom. The molecule has 0 aromatic rings. The van der Waals surface area contributed by atoms with E-state index in [2.05, 4.69) is 16.0 Å². The number of rotatable bonds is 15. The zero-order valence-electron chi connectivity index (χ0n) is 19.2. The zero-order valence-corrected chi connectivity index (χ0v) is 19.2. The minimum Gasteiger partial charge on any atom is -0.481 e. The van der Waals surface area contributed by atoms with E-state index in [9.17, 15) is 33.9 Å². The van der Waals surface area contributed by atoms with Crippen molar-refractivity contribution < 1.29 is 44.1 Å². The number of amides is 3. The lowest BCUT2D eigenvalue weighted by atomic mass is 9.95. The van der Waals surface area contributed by atoms with Crippen LogP contribution in [0, 0.1) is 11.8 Å². The number of carbonyl (C=O) groups is 6. The van der Waals surface area contributed by atoms with Gasteiger partial charge in [-0.1, -0.05) is 40.5 Å². The average Bonchev–Trinajstić information content (AvgIpc) is 2.72. The molecule has 33 heavy (non-hydrogen) atoms. The minimum absolute atomic E-state index is 0.394. The Labute approximate surface area is 191 Å². The summed E-state index contributed by atoms with van der Waals surface area (Å²) in [5.41, 5.74) is 5.45. The molecule has 0 aliphatic carbocycles. The Morgan fingerprint density at radius 1 is 0.697 bits per heavy atom. The van der Waals surface area contributed by atoms with Crippen LogP contribution in [-0.2, 0) is 28.8 Å². The number of carbonyl (C=O) groups excluding carboxylic acids is 3. The molecule has 0 bridgehead atoms. The molecule has 0 saturated carbocycles. The Hall–Kier alpha value is -3.22. The number of aliphatic carboxylic acids is 3. The van der Waals surface area contributed by atoms with Crippen LogP contribution in [-0.4, -0.2) is 75.1 Å². The fraction of sp³-hybridized carbons (Fsp3) is 0.700.